The van der Waals surface area contributed by atoms with Crippen molar-refractivity contribution < 1.29 is 28.3 Å². The van der Waals surface area contributed by atoms with Gasteiger partial charge < -0.3 is 28.8 Å². The normalized spacial score (nSPS) is 20.9. The fraction of sp³-hybridized carbons (Fsp3) is 0.368. The number of aromatic nitrogens is 3. The Morgan fingerprint density at radius 3 is 2.83 bits per heavy atom. The van der Waals surface area contributed by atoms with E-state index < -0.39 is 6.10 Å². The van der Waals surface area contributed by atoms with E-state index in [1.54, 1.807) is 25.1 Å². The average molecular weight is 398 g/mol. The topological polar surface area (TPSA) is 133 Å². The molecule has 1 fully saturated rings. The largest absolute Gasteiger partial charge is 0.454 e. The number of aliphatic hydroxyl groups is 1. The van der Waals surface area contributed by atoms with Gasteiger partial charge in [-0.3, -0.25) is 4.79 Å². The third-order valence-corrected chi connectivity index (χ3v) is 5.04. The van der Waals surface area contributed by atoms with E-state index in [4.69, 9.17) is 18.4 Å². The van der Waals surface area contributed by atoms with Crippen LogP contribution in [0.5, 0.6) is 11.5 Å². The minimum Gasteiger partial charge on any atom is -0.454 e. The molecule has 3 aromatic rings. The maximum atomic E-state index is 12.5. The van der Waals surface area contributed by atoms with Crippen molar-refractivity contribution in [1.82, 2.24) is 20.7 Å². The van der Waals surface area contributed by atoms with Crippen LogP contribution in [0.4, 0.5) is 0 Å². The fourth-order valence-corrected chi connectivity index (χ4v) is 3.35. The zero-order chi connectivity index (χ0) is 20.0. The Balaban J connectivity index is 1.19. The van der Waals surface area contributed by atoms with Crippen LogP contribution in [0.1, 0.15) is 54.1 Å². The number of amides is 1. The van der Waals surface area contributed by atoms with E-state index in [0.29, 0.717) is 36.0 Å². The van der Waals surface area contributed by atoms with Crippen LogP contribution in [0, 0.1) is 0 Å². The SMILES string of the molecule is CC(O)c1nnc(C2CC(NC(=O)c3cc(-c4ccc5c(c4)OCO5)on3)C2)o1. The molecule has 10 heteroatoms. The molecule has 2 aromatic heterocycles. The summed E-state index contributed by atoms with van der Waals surface area (Å²) in [5.74, 6) is 2.22. The van der Waals surface area contributed by atoms with E-state index in [9.17, 15) is 9.90 Å². The van der Waals surface area contributed by atoms with Gasteiger partial charge in [0, 0.05) is 23.6 Å². The van der Waals surface area contributed by atoms with Crippen LogP contribution < -0.4 is 14.8 Å². The van der Waals surface area contributed by atoms with E-state index in [-0.39, 0.29) is 36.2 Å². The summed E-state index contributed by atoms with van der Waals surface area (Å²) in [6, 6.07) is 6.97. The lowest BCUT2D eigenvalue weighted by Gasteiger charge is -2.33. The Hall–Kier alpha value is -3.40. The number of benzene rings is 1. The van der Waals surface area contributed by atoms with Crippen molar-refractivity contribution >= 4 is 5.91 Å². The lowest BCUT2D eigenvalue weighted by Crippen LogP contribution is -2.43. The molecule has 10 nitrogen and oxygen atoms in total. The van der Waals surface area contributed by atoms with Gasteiger partial charge in [-0.25, -0.2) is 0 Å². The number of nitrogens with one attached hydrogen (secondary N) is 1. The summed E-state index contributed by atoms with van der Waals surface area (Å²) in [6.45, 7) is 1.76. The smallest absolute Gasteiger partial charge is 0.273 e. The second-order valence-electron chi connectivity index (χ2n) is 7.14. The van der Waals surface area contributed by atoms with Crippen LogP contribution in [0.25, 0.3) is 11.3 Å². The summed E-state index contributed by atoms with van der Waals surface area (Å²) < 4.78 is 21.4. The van der Waals surface area contributed by atoms with Gasteiger partial charge in [0.2, 0.25) is 18.6 Å². The highest BCUT2D eigenvalue weighted by Gasteiger charge is 2.36. The minimum atomic E-state index is -0.794. The average Bonchev–Trinajstić information content (AvgIpc) is 3.43. The number of hydrogen-bond acceptors (Lipinski definition) is 9. The number of carbonyl (C=O) groups is 1. The molecule has 0 radical (unpaired) electrons. The number of rotatable bonds is 5. The molecule has 0 saturated heterocycles. The summed E-state index contributed by atoms with van der Waals surface area (Å²) in [5.41, 5.74) is 0.949. The summed E-state index contributed by atoms with van der Waals surface area (Å²) in [4.78, 5) is 12.5. The van der Waals surface area contributed by atoms with Crippen molar-refractivity contribution in [1.29, 1.82) is 0 Å². The highest BCUT2D eigenvalue weighted by atomic mass is 16.7. The third-order valence-electron chi connectivity index (χ3n) is 5.04. The highest BCUT2D eigenvalue weighted by Crippen LogP contribution is 2.37. The van der Waals surface area contributed by atoms with Gasteiger partial charge in [-0.05, 0) is 38.0 Å². The monoisotopic (exact) mass is 398 g/mol. The Bertz CT molecular complexity index is 1050. The minimum absolute atomic E-state index is 0.0138. The van der Waals surface area contributed by atoms with E-state index in [2.05, 4.69) is 20.7 Å². The zero-order valence-electron chi connectivity index (χ0n) is 15.5. The van der Waals surface area contributed by atoms with Gasteiger partial charge in [-0.1, -0.05) is 5.16 Å². The van der Waals surface area contributed by atoms with Gasteiger partial charge in [-0.15, -0.1) is 10.2 Å². The van der Waals surface area contributed by atoms with Crippen LogP contribution in [0.15, 0.2) is 33.2 Å². The molecule has 3 heterocycles. The molecule has 2 aliphatic rings. The highest BCUT2D eigenvalue weighted by molar-refractivity contribution is 5.93. The van der Waals surface area contributed by atoms with Crippen molar-refractivity contribution in [2.45, 2.75) is 37.8 Å². The van der Waals surface area contributed by atoms with Crippen LogP contribution in [-0.2, 0) is 0 Å². The molecule has 1 amide bonds. The molecule has 5 rings (SSSR count). The Labute approximate surface area is 164 Å². The molecule has 1 unspecified atom stereocenters. The van der Waals surface area contributed by atoms with Crippen molar-refractivity contribution in [3.8, 4) is 22.8 Å². The van der Waals surface area contributed by atoms with Crippen LogP contribution in [0.2, 0.25) is 0 Å². The quantitative estimate of drug-likeness (QED) is 0.663. The Morgan fingerprint density at radius 2 is 2.03 bits per heavy atom. The summed E-state index contributed by atoms with van der Waals surface area (Å²) in [6.07, 6.45) is 0.568. The molecule has 1 saturated carbocycles. The first-order chi connectivity index (χ1) is 14.1. The second-order valence-corrected chi connectivity index (χ2v) is 7.14. The molecule has 1 aromatic carbocycles. The number of ether oxygens (including phenoxy) is 2. The molecule has 150 valence electrons. The molecule has 0 bridgehead atoms. The van der Waals surface area contributed by atoms with Gasteiger partial charge in [0.25, 0.3) is 5.91 Å². The number of carbonyl (C=O) groups excluding carboxylic acids is 1. The molecule has 1 aliphatic heterocycles. The number of nitrogens with zero attached hydrogens (tertiary/aromatic N) is 3. The van der Waals surface area contributed by atoms with E-state index in [1.807, 2.05) is 6.07 Å². The number of hydrogen-bond donors (Lipinski definition) is 2. The standard InChI is InChI=1S/C19H18N4O6/c1-9(24)18-21-22-19(28-18)11-4-12(5-11)20-17(25)13-7-15(29-23-13)10-2-3-14-16(6-10)27-8-26-14/h2-3,6-7,9,11-12,24H,4-5,8H2,1H3,(H,20,25). The van der Waals surface area contributed by atoms with Crippen molar-refractivity contribution in [2.75, 3.05) is 6.79 Å². The van der Waals surface area contributed by atoms with E-state index >= 15 is 0 Å². The van der Waals surface area contributed by atoms with Gasteiger partial charge in [0.1, 0.15) is 6.10 Å². The number of fused-ring (bicyclic) bond motifs is 1. The number of aliphatic hydroxyl groups excluding tert-OH is 1. The van der Waals surface area contributed by atoms with Crippen molar-refractivity contribution in [3.05, 3.63) is 41.7 Å². The fourth-order valence-electron chi connectivity index (χ4n) is 3.35. The Morgan fingerprint density at radius 1 is 1.21 bits per heavy atom. The van der Waals surface area contributed by atoms with E-state index in [0.717, 1.165) is 5.56 Å². The van der Waals surface area contributed by atoms with Gasteiger partial charge in [0.05, 0.1) is 0 Å². The Kier molecular flexibility index (Phi) is 4.20. The molecule has 0 spiro atoms. The second kappa shape index (κ2) is 6.89. The van der Waals surface area contributed by atoms with Crippen molar-refractivity contribution in [2.24, 2.45) is 0 Å². The molecular weight excluding hydrogens is 380 g/mol. The predicted molar refractivity (Wildman–Crippen MR) is 96.2 cm³/mol. The molecule has 1 atom stereocenters. The van der Waals surface area contributed by atoms with Crippen LogP contribution in [-0.4, -0.2) is 39.2 Å². The van der Waals surface area contributed by atoms with Gasteiger partial charge in [0.15, 0.2) is 23.0 Å². The lowest BCUT2D eigenvalue weighted by molar-refractivity contribution is 0.0892. The summed E-state index contributed by atoms with van der Waals surface area (Å²) in [7, 11) is 0. The first-order valence-electron chi connectivity index (χ1n) is 9.26. The lowest BCUT2D eigenvalue weighted by atomic mass is 9.80. The van der Waals surface area contributed by atoms with Crippen LogP contribution in [0.3, 0.4) is 0 Å². The molecule has 29 heavy (non-hydrogen) atoms. The zero-order valence-corrected chi connectivity index (χ0v) is 15.5. The first kappa shape index (κ1) is 17.7. The molecule has 2 N–H and O–H groups in total. The van der Waals surface area contributed by atoms with E-state index in [1.165, 1.54) is 0 Å². The third kappa shape index (κ3) is 3.31. The molecule has 1 aliphatic carbocycles. The van der Waals surface area contributed by atoms with Gasteiger partial charge in [-0.2, -0.15) is 0 Å². The predicted octanol–water partition coefficient (Wildman–Crippen LogP) is 2.18. The first-order valence-corrected chi connectivity index (χ1v) is 9.26. The van der Waals surface area contributed by atoms with Crippen molar-refractivity contribution in [3.63, 3.8) is 0 Å². The summed E-state index contributed by atoms with van der Waals surface area (Å²) in [5, 5.41) is 24.0. The maximum Gasteiger partial charge on any atom is 0.273 e. The van der Waals surface area contributed by atoms with Gasteiger partial charge >= 0.3 is 0 Å². The maximum absolute atomic E-state index is 12.5. The van der Waals surface area contributed by atoms with Crippen LogP contribution >= 0.6 is 0 Å². The summed E-state index contributed by atoms with van der Waals surface area (Å²) >= 11 is 0. The molecular formula is C19H18N4O6.